The predicted octanol–water partition coefficient (Wildman–Crippen LogP) is 2.92. The standard InChI is InChI=1S/C21H34N3O2S/c1-23(2)19(13-8-9-16-24(3,4)5)17-22-27(25,26)21-15-10-12-18-11-6-7-14-20(18)21/h6-7,10-12,14-15,19,22H,8-9,13,16-17H2,1-5H3/q+1. The van der Waals surface area contributed by atoms with Crippen molar-refractivity contribution in [3.63, 3.8) is 0 Å². The van der Waals surface area contributed by atoms with E-state index in [1.807, 2.05) is 44.4 Å². The van der Waals surface area contributed by atoms with Crippen molar-refractivity contribution in [2.24, 2.45) is 0 Å². The molecule has 0 heterocycles. The summed E-state index contributed by atoms with van der Waals surface area (Å²) in [5.41, 5.74) is 0. The zero-order valence-corrected chi connectivity index (χ0v) is 18.1. The van der Waals surface area contributed by atoms with Crippen LogP contribution in [-0.4, -0.2) is 72.2 Å². The number of quaternary nitrogens is 1. The van der Waals surface area contributed by atoms with Crippen LogP contribution < -0.4 is 4.72 Å². The van der Waals surface area contributed by atoms with Crippen LogP contribution in [0.5, 0.6) is 0 Å². The van der Waals surface area contributed by atoms with E-state index in [2.05, 4.69) is 30.8 Å². The van der Waals surface area contributed by atoms with E-state index in [9.17, 15) is 8.42 Å². The summed E-state index contributed by atoms with van der Waals surface area (Å²) in [6.07, 6.45) is 3.21. The average Bonchev–Trinajstić information content (AvgIpc) is 2.59. The van der Waals surface area contributed by atoms with E-state index in [4.69, 9.17) is 0 Å². The molecule has 2 aromatic carbocycles. The molecule has 1 unspecified atom stereocenters. The van der Waals surface area contributed by atoms with Gasteiger partial charge in [-0.15, -0.1) is 0 Å². The maximum Gasteiger partial charge on any atom is 0.241 e. The lowest BCUT2D eigenvalue weighted by atomic mass is 10.1. The van der Waals surface area contributed by atoms with Crippen molar-refractivity contribution in [2.45, 2.75) is 30.2 Å². The number of nitrogens with one attached hydrogen (secondary N) is 1. The second-order valence-corrected chi connectivity index (χ2v) is 10.2. The Morgan fingerprint density at radius 3 is 2.33 bits per heavy atom. The van der Waals surface area contributed by atoms with Crippen LogP contribution in [0.2, 0.25) is 0 Å². The molecule has 27 heavy (non-hydrogen) atoms. The van der Waals surface area contributed by atoms with Gasteiger partial charge in [-0.2, -0.15) is 0 Å². The molecule has 0 aromatic heterocycles. The molecule has 0 aliphatic carbocycles. The Kier molecular flexibility index (Phi) is 7.40. The van der Waals surface area contributed by atoms with Crippen LogP contribution in [0.15, 0.2) is 47.4 Å². The number of hydrogen-bond donors (Lipinski definition) is 1. The fraction of sp³-hybridized carbons (Fsp3) is 0.524. The van der Waals surface area contributed by atoms with Crippen LogP contribution in [0.4, 0.5) is 0 Å². The third kappa shape index (κ3) is 6.57. The van der Waals surface area contributed by atoms with Gasteiger partial charge in [-0.3, -0.25) is 0 Å². The highest BCUT2D eigenvalue weighted by molar-refractivity contribution is 7.89. The van der Waals surface area contributed by atoms with Crippen LogP contribution in [-0.2, 0) is 10.0 Å². The molecule has 0 aliphatic heterocycles. The van der Waals surface area contributed by atoms with Crippen LogP contribution in [0, 0.1) is 0 Å². The lowest BCUT2D eigenvalue weighted by Crippen LogP contribution is -2.40. The Balaban J connectivity index is 2.03. The Morgan fingerprint density at radius 1 is 1.00 bits per heavy atom. The van der Waals surface area contributed by atoms with Crippen molar-refractivity contribution in [2.75, 3.05) is 48.3 Å². The van der Waals surface area contributed by atoms with Gasteiger partial charge in [0, 0.05) is 18.0 Å². The van der Waals surface area contributed by atoms with Gasteiger partial charge < -0.3 is 9.38 Å². The molecule has 0 aliphatic rings. The first-order chi connectivity index (χ1) is 12.6. The molecule has 2 rings (SSSR count). The first-order valence-electron chi connectivity index (χ1n) is 9.54. The molecule has 0 saturated carbocycles. The van der Waals surface area contributed by atoms with Gasteiger partial charge in [-0.05, 0) is 44.8 Å². The Bertz CT molecular complexity index is 837. The molecule has 0 fully saturated rings. The van der Waals surface area contributed by atoms with Crippen molar-refractivity contribution in [3.05, 3.63) is 42.5 Å². The fourth-order valence-corrected chi connectivity index (χ4v) is 4.52. The molecule has 0 spiro atoms. The number of fused-ring (bicyclic) bond motifs is 1. The van der Waals surface area contributed by atoms with Gasteiger partial charge in [0.1, 0.15) is 0 Å². The lowest BCUT2D eigenvalue weighted by Gasteiger charge is -2.26. The Morgan fingerprint density at radius 2 is 1.67 bits per heavy atom. The van der Waals surface area contributed by atoms with Crippen molar-refractivity contribution in [1.29, 1.82) is 0 Å². The Labute approximate surface area is 164 Å². The molecule has 5 nitrogen and oxygen atoms in total. The van der Waals surface area contributed by atoms with E-state index >= 15 is 0 Å². The highest BCUT2D eigenvalue weighted by Gasteiger charge is 2.20. The normalized spacial score (nSPS) is 14.0. The van der Waals surface area contributed by atoms with Gasteiger partial charge in [0.25, 0.3) is 0 Å². The first kappa shape index (κ1) is 21.8. The summed E-state index contributed by atoms with van der Waals surface area (Å²) in [6.45, 7) is 1.55. The van der Waals surface area contributed by atoms with Gasteiger partial charge in [0.2, 0.25) is 10.0 Å². The number of benzene rings is 2. The number of likely N-dealkylation sites (N-methyl/N-ethyl adjacent to an activating group) is 1. The topological polar surface area (TPSA) is 49.4 Å². The number of rotatable bonds is 10. The minimum Gasteiger partial charge on any atom is -0.331 e. The first-order valence-corrected chi connectivity index (χ1v) is 11.0. The summed E-state index contributed by atoms with van der Waals surface area (Å²) in [5, 5.41) is 1.70. The predicted molar refractivity (Wildman–Crippen MR) is 113 cm³/mol. The summed E-state index contributed by atoms with van der Waals surface area (Å²) in [5.74, 6) is 0. The molecule has 2 aromatic rings. The molecule has 150 valence electrons. The quantitative estimate of drug-likeness (QED) is 0.500. The van der Waals surface area contributed by atoms with E-state index in [1.165, 1.54) is 0 Å². The summed E-state index contributed by atoms with van der Waals surface area (Å²) in [4.78, 5) is 2.46. The molecule has 1 N–H and O–H groups in total. The minimum absolute atomic E-state index is 0.183. The molecule has 0 saturated heterocycles. The van der Waals surface area contributed by atoms with Crippen LogP contribution in [0.1, 0.15) is 19.3 Å². The third-order valence-electron chi connectivity index (χ3n) is 4.89. The van der Waals surface area contributed by atoms with E-state index in [1.54, 1.807) is 12.1 Å². The maximum atomic E-state index is 12.9. The second kappa shape index (κ2) is 9.15. The number of unbranched alkanes of at least 4 members (excludes halogenated alkanes) is 1. The third-order valence-corrected chi connectivity index (χ3v) is 6.38. The highest BCUT2D eigenvalue weighted by atomic mass is 32.2. The summed E-state index contributed by atoms with van der Waals surface area (Å²) in [7, 11) is 7.06. The monoisotopic (exact) mass is 392 g/mol. The van der Waals surface area contributed by atoms with Gasteiger partial charge in [0.05, 0.1) is 32.6 Å². The van der Waals surface area contributed by atoms with Crippen molar-refractivity contribution in [3.8, 4) is 0 Å². The molecule has 0 amide bonds. The molecular weight excluding hydrogens is 358 g/mol. The average molecular weight is 393 g/mol. The lowest BCUT2D eigenvalue weighted by molar-refractivity contribution is -0.870. The zero-order valence-electron chi connectivity index (χ0n) is 17.3. The molecule has 0 radical (unpaired) electrons. The molecule has 1 atom stereocenters. The van der Waals surface area contributed by atoms with E-state index in [-0.39, 0.29) is 6.04 Å². The smallest absolute Gasteiger partial charge is 0.241 e. The van der Waals surface area contributed by atoms with Gasteiger partial charge in [-0.1, -0.05) is 36.4 Å². The van der Waals surface area contributed by atoms with Crippen LogP contribution in [0.25, 0.3) is 10.8 Å². The van der Waals surface area contributed by atoms with Crippen molar-refractivity contribution >= 4 is 20.8 Å². The van der Waals surface area contributed by atoms with Gasteiger partial charge in [-0.25, -0.2) is 13.1 Å². The Hall–Kier alpha value is -1.47. The second-order valence-electron chi connectivity index (χ2n) is 8.46. The number of sulfonamides is 1. The summed E-state index contributed by atoms with van der Waals surface area (Å²) in [6, 6.07) is 13.2. The number of nitrogens with zero attached hydrogens (tertiary/aromatic N) is 2. The molecule has 0 bridgehead atoms. The van der Waals surface area contributed by atoms with Crippen molar-refractivity contribution in [1.82, 2.24) is 9.62 Å². The van der Waals surface area contributed by atoms with Crippen molar-refractivity contribution < 1.29 is 12.9 Å². The maximum absolute atomic E-state index is 12.9. The SMILES string of the molecule is CN(C)C(CCCC[N+](C)(C)C)CNS(=O)(=O)c1cccc2ccccc12. The zero-order chi connectivity index (χ0) is 20.1. The minimum atomic E-state index is -3.55. The van der Waals surface area contributed by atoms with Gasteiger partial charge >= 0.3 is 0 Å². The van der Waals surface area contributed by atoms with E-state index in [0.29, 0.717) is 11.4 Å². The van der Waals surface area contributed by atoms with Crippen LogP contribution in [0.3, 0.4) is 0 Å². The fourth-order valence-electron chi connectivity index (χ4n) is 3.22. The number of hydrogen-bond acceptors (Lipinski definition) is 3. The molecular formula is C21H34N3O2S+. The van der Waals surface area contributed by atoms with E-state index in [0.717, 1.165) is 41.1 Å². The van der Waals surface area contributed by atoms with Crippen LogP contribution >= 0.6 is 0 Å². The highest BCUT2D eigenvalue weighted by Crippen LogP contribution is 2.22. The van der Waals surface area contributed by atoms with Gasteiger partial charge in [0.15, 0.2) is 0 Å². The van der Waals surface area contributed by atoms with E-state index < -0.39 is 10.0 Å². The molecule has 6 heteroatoms. The summed E-state index contributed by atoms with van der Waals surface area (Å²) >= 11 is 0. The summed E-state index contributed by atoms with van der Waals surface area (Å²) < 4.78 is 29.6. The largest absolute Gasteiger partial charge is 0.331 e.